The summed E-state index contributed by atoms with van der Waals surface area (Å²) in [5, 5.41) is 2.95. The Labute approximate surface area is 202 Å². The SMILES string of the molecule is C[C@H](NC(=O)C1CC(F)C1)c1ccc(CN2Cc3ccc(OCC4CC4(F)F)cc3C(F)C2)cc1. The van der Waals surface area contributed by atoms with Crippen LogP contribution >= 0.6 is 0 Å². The van der Waals surface area contributed by atoms with E-state index in [2.05, 4.69) is 5.32 Å². The third-order valence-corrected chi connectivity index (χ3v) is 7.37. The second-order valence-electron chi connectivity index (χ2n) is 10.2. The number of carbonyl (C=O) groups is 1. The molecule has 0 bridgehead atoms. The number of amides is 1. The molecule has 2 aromatic rings. The fraction of sp³-hybridized carbons (Fsp3) is 0.519. The number of benzene rings is 2. The number of hydrogen-bond acceptors (Lipinski definition) is 3. The number of alkyl halides is 4. The van der Waals surface area contributed by atoms with E-state index >= 15 is 0 Å². The number of hydrogen-bond donors (Lipinski definition) is 1. The summed E-state index contributed by atoms with van der Waals surface area (Å²) < 4.78 is 59.6. The minimum atomic E-state index is -2.63. The van der Waals surface area contributed by atoms with Gasteiger partial charge in [0.05, 0.1) is 18.6 Å². The van der Waals surface area contributed by atoms with Crippen LogP contribution in [0.15, 0.2) is 42.5 Å². The van der Waals surface area contributed by atoms with E-state index in [1.165, 1.54) is 0 Å². The first kappa shape index (κ1) is 24.1. The molecule has 1 amide bonds. The van der Waals surface area contributed by atoms with Crippen molar-refractivity contribution in [3.8, 4) is 5.75 Å². The molecule has 1 aliphatic heterocycles. The van der Waals surface area contributed by atoms with Crippen molar-refractivity contribution < 1.29 is 27.1 Å². The number of nitrogens with zero attached hydrogens (tertiary/aromatic N) is 1. The highest BCUT2D eigenvalue weighted by Gasteiger charge is 2.57. The van der Waals surface area contributed by atoms with E-state index < -0.39 is 24.2 Å². The van der Waals surface area contributed by atoms with Crippen LogP contribution in [0, 0.1) is 11.8 Å². The standard InChI is InChI=1S/C27H30F4N2O2/c1-16(32-26(34)20-8-22(28)9-20)18-4-2-17(3-5-18)12-33-13-19-6-7-23(10-24(19)25(29)14-33)35-15-21-11-27(21,30)31/h2-7,10,16,20-22,25H,8-9,11-15H2,1H3,(H,32,34)/t16-,20?,21?,22?,25?/m0/s1. The van der Waals surface area contributed by atoms with Gasteiger partial charge in [0, 0.05) is 32.0 Å². The average molecular weight is 491 g/mol. The van der Waals surface area contributed by atoms with Gasteiger partial charge in [-0.1, -0.05) is 30.3 Å². The van der Waals surface area contributed by atoms with Crippen molar-refractivity contribution in [3.63, 3.8) is 0 Å². The Morgan fingerprint density at radius 2 is 1.89 bits per heavy atom. The van der Waals surface area contributed by atoms with Gasteiger partial charge in [-0.3, -0.25) is 9.69 Å². The molecule has 2 unspecified atom stereocenters. The average Bonchev–Trinajstić information content (AvgIpc) is 3.42. The van der Waals surface area contributed by atoms with E-state index in [-0.39, 0.29) is 37.4 Å². The van der Waals surface area contributed by atoms with Gasteiger partial charge >= 0.3 is 0 Å². The fourth-order valence-electron chi connectivity index (χ4n) is 4.84. The Hall–Kier alpha value is -2.61. The lowest BCUT2D eigenvalue weighted by Crippen LogP contribution is -2.40. The molecule has 0 radical (unpaired) electrons. The zero-order valence-electron chi connectivity index (χ0n) is 19.7. The monoisotopic (exact) mass is 490 g/mol. The van der Waals surface area contributed by atoms with Crippen LogP contribution in [0.1, 0.15) is 60.7 Å². The summed E-state index contributed by atoms with van der Waals surface area (Å²) in [5.41, 5.74) is 3.42. The van der Waals surface area contributed by atoms with E-state index in [1.54, 1.807) is 12.1 Å². The van der Waals surface area contributed by atoms with Crippen molar-refractivity contribution in [2.24, 2.45) is 11.8 Å². The van der Waals surface area contributed by atoms with Crippen molar-refractivity contribution in [2.45, 2.75) is 63.6 Å². The Morgan fingerprint density at radius 1 is 1.17 bits per heavy atom. The molecule has 1 N–H and O–H groups in total. The summed E-state index contributed by atoms with van der Waals surface area (Å²) >= 11 is 0. The van der Waals surface area contributed by atoms with E-state index in [4.69, 9.17) is 4.74 Å². The molecule has 35 heavy (non-hydrogen) atoms. The molecule has 0 spiro atoms. The van der Waals surface area contributed by atoms with Crippen LogP contribution in [0.4, 0.5) is 17.6 Å². The molecule has 1 heterocycles. The molecule has 0 aromatic heterocycles. The van der Waals surface area contributed by atoms with Crippen molar-refractivity contribution in [3.05, 3.63) is 64.7 Å². The second kappa shape index (κ2) is 9.45. The van der Waals surface area contributed by atoms with E-state index in [0.717, 1.165) is 16.7 Å². The molecule has 0 saturated heterocycles. The smallest absolute Gasteiger partial charge is 0.255 e. The van der Waals surface area contributed by atoms with Crippen LogP contribution in [0.5, 0.6) is 5.75 Å². The highest BCUT2D eigenvalue weighted by atomic mass is 19.3. The number of halogens is 4. The lowest BCUT2D eigenvalue weighted by atomic mass is 9.82. The summed E-state index contributed by atoms with van der Waals surface area (Å²) in [7, 11) is 0. The largest absolute Gasteiger partial charge is 0.493 e. The predicted octanol–water partition coefficient (Wildman–Crippen LogP) is 5.67. The molecule has 188 valence electrons. The van der Waals surface area contributed by atoms with E-state index in [9.17, 15) is 22.4 Å². The quantitative estimate of drug-likeness (QED) is 0.485. The maximum atomic E-state index is 15.0. The Bertz CT molecular complexity index is 1070. The molecule has 3 aliphatic rings. The van der Waals surface area contributed by atoms with Gasteiger partial charge in [-0.25, -0.2) is 17.6 Å². The minimum absolute atomic E-state index is 0.0498. The number of nitrogens with one attached hydrogen (secondary N) is 1. The molecule has 4 nitrogen and oxygen atoms in total. The molecular weight excluding hydrogens is 460 g/mol. The number of fused-ring (bicyclic) bond motifs is 1. The molecule has 5 rings (SSSR count). The number of ether oxygens (including phenoxy) is 1. The normalized spacial score (nSPS) is 27.9. The molecular formula is C27H30F4N2O2. The highest BCUT2D eigenvalue weighted by Crippen LogP contribution is 2.48. The summed E-state index contributed by atoms with van der Waals surface area (Å²) in [6.07, 6.45) is -1.58. The first-order chi connectivity index (χ1) is 16.7. The maximum Gasteiger partial charge on any atom is 0.255 e. The van der Waals surface area contributed by atoms with Gasteiger partial charge in [0.25, 0.3) is 5.92 Å². The van der Waals surface area contributed by atoms with Crippen molar-refractivity contribution in [1.29, 1.82) is 0 Å². The van der Waals surface area contributed by atoms with Gasteiger partial charge < -0.3 is 10.1 Å². The van der Waals surface area contributed by atoms with Crippen molar-refractivity contribution in [2.75, 3.05) is 13.2 Å². The van der Waals surface area contributed by atoms with Gasteiger partial charge in [-0.2, -0.15) is 0 Å². The zero-order chi connectivity index (χ0) is 24.7. The Kier molecular flexibility index (Phi) is 6.51. The predicted molar refractivity (Wildman–Crippen MR) is 124 cm³/mol. The van der Waals surface area contributed by atoms with Crippen LogP contribution in [0.3, 0.4) is 0 Å². The van der Waals surface area contributed by atoms with Gasteiger partial charge in [0.15, 0.2) is 0 Å². The van der Waals surface area contributed by atoms with Crippen molar-refractivity contribution >= 4 is 5.91 Å². The first-order valence-corrected chi connectivity index (χ1v) is 12.2. The lowest BCUT2D eigenvalue weighted by molar-refractivity contribution is -0.130. The van der Waals surface area contributed by atoms with E-state index in [0.29, 0.717) is 37.2 Å². The second-order valence-corrected chi connectivity index (χ2v) is 10.2. The Morgan fingerprint density at radius 3 is 2.54 bits per heavy atom. The van der Waals surface area contributed by atoms with Gasteiger partial charge in [0.2, 0.25) is 5.91 Å². The third kappa shape index (κ3) is 5.47. The molecule has 8 heteroatoms. The summed E-state index contributed by atoms with van der Waals surface area (Å²) in [6, 6.07) is 12.9. The van der Waals surface area contributed by atoms with E-state index in [1.807, 2.05) is 42.2 Å². The topological polar surface area (TPSA) is 41.6 Å². The summed E-state index contributed by atoms with van der Waals surface area (Å²) in [4.78, 5) is 14.2. The molecule has 3 atom stereocenters. The molecule has 2 aliphatic carbocycles. The van der Waals surface area contributed by atoms with Crippen LogP contribution in [-0.4, -0.2) is 36.1 Å². The number of rotatable bonds is 8. The summed E-state index contributed by atoms with van der Waals surface area (Å²) in [5.74, 6) is -3.27. The maximum absolute atomic E-state index is 15.0. The van der Waals surface area contributed by atoms with Crippen LogP contribution < -0.4 is 10.1 Å². The Balaban J connectivity index is 1.14. The number of carbonyl (C=O) groups excluding carboxylic acids is 1. The lowest BCUT2D eigenvalue weighted by Gasteiger charge is -2.31. The fourth-order valence-corrected chi connectivity index (χ4v) is 4.84. The van der Waals surface area contributed by atoms with Gasteiger partial charge in [0.1, 0.15) is 18.1 Å². The van der Waals surface area contributed by atoms with Gasteiger partial charge in [-0.05, 0) is 54.2 Å². The van der Waals surface area contributed by atoms with Gasteiger partial charge in [-0.15, -0.1) is 0 Å². The summed E-state index contributed by atoms with van der Waals surface area (Å²) in [6.45, 7) is 3.26. The molecule has 2 saturated carbocycles. The third-order valence-electron chi connectivity index (χ3n) is 7.37. The van der Waals surface area contributed by atoms with Crippen LogP contribution in [0.2, 0.25) is 0 Å². The highest BCUT2D eigenvalue weighted by molar-refractivity contribution is 5.80. The van der Waals surface area contributed by atoms with Crippen LogP contribution in [-0.2, 0) is 17.9 Å². The minimum Gasteiger partial charge on any atom is -0.493 e. The zero-order valence-corrected chi connectivity index (χ0v) is 19.7. The first-order valence-electron chi connectivity index (χ1n) is 12.2. The van der Waals surface area contributed by atoms with Crippen LogP contribution in [0.25, 0.3) is 0 Å². The molecule has 2 fully saturated rings. The molecule has 2 aromatic carbocycles. The van der Waals surface area contributed by atoms with Crippen molar-refractivity contribution in [1.82, 2.24) is 10.2 Å².